The van der Waals surface area contributed by atoms with E-state index in [4.69, 9.17) is 9.47 Å². The number of methoxy groups -OCH3 is 1. The van der Waals surface area contributed by atoms with Gasteiger partial charge >= 0.3 is 0 Å². The maximum atomic E-state index is 13.0. The predicted molar refractivity (Wildman–Crippen MR) is 131 cm³/mol. The quantitative estimate of drug-likeness (QED) is 0.440. The van der Waals surface area contributed by atoms with E-state index in [0.29, 0.717) is 43.2 Å². The molecular weight excluding hydrogens is 474 g/mol. The zero-order valence-corrected chi connectivity index (χ0v) is 21.0. The fourth-order valence-corrected chi connectivity index (χ4v) is 6.58. The first kappa shape index (κ1) is 24.6. The second-order valence-corrected chi connectivity index (χ2v) is 11.0. The molecule has 4 rings (SSSR count). The lowest BCUT2D eigenvalue weighted by molar-refractivity contribution is -0.122. The minimum absolute atomic E-state index is 0.196. The van der Waals surface area contributed by atoms with Crippen LogP contribution < -0.4 is 9.54 Å². The summed E-state index contributed by atoms with van der Waals surface area (Å²) in [5, 5.41) is 0. The van der Waals surface area contributed by atoms with E-state index in [-0.39, 0.29) is 29.8 Å². The number of aromatic nitrogens is 1. The molecule has 1 saturated heterocycles. The fourth-order valence-electron chi connectivity index (χ4n) is 4.05. The Bertz CT molecular complexity index is 1300. The van der Waals surface area contributed by atoms with Crippen LogP contribution in [-0.2, 0) is 26.1 Å². The fraction of sp³-hybridized carbons (Fsp3) is 0.417. The van der Waals surface area contributed by atoms with Gasteiger partial charge in [0.1, 0.15) is 5.75 Å². The van der Waals surface area contributed by atoms with Gasteiger partial charge in [0.25, 0.3) is 5.91 Å². The molecule has 1 aliphatic heterocycles. The zero-order chi connectivity index (χ0) is 24.1. The molecule has 3 aromatic rings. The molecule has 0 radical (unpaired) electrons. The van der Waals surface area contributed by atoms with Crippen LogP contribution in [-0.4, -0.2) is 56.6 Å². The van der Waals surface area contributed by atoms with Crippen LogP contribution in [0.3, 0.4) is 0 Å². The Labute approximate surface area is 203 Å². The van der Waals surface area contributed by atoms with Crippen molar-refractivity contribution < 1.29 is 22.7 Å². The lowest BCUT2D eigenvalue weighted by Crippen LogP contribution is -2.40. The number of hydrogen-bond acceptors (Lipinski definition) is 6. The van der Waals surface area contributed by atoms with Crippen molar-refractivity contribution in [2.45, 2.75) is 31.2 Å². The average molecular weight is 504 g/mol. The van der Waals surface area contributed by atoms with E-state index in [1.165, 1.54) is 22.8 Å². The number of thiazole rings is 1. The number of carbonyl (C=O) groups excluding carboxylic acids is 1. The Morgan fingerprint density at radius 1 is 1.12 bits per heavy atom. The van der Waals surface area contributed by atoms with Gasteiger partial charge in [0.05, 0.1) is 28.8 Å². The van der Waals surface area contributed by atoms with Crippen molar-refractivity contribution in [1.29, 1.82) is 0 Å². The molecule has 0 N–H and O–H groups in total. The number of amides is 1. The van der Waals surface area contributed by atoms with Gasteiger partial charge < -0.3 is 14.0 Å². The number of para-hydroxylation sites is 1. The summed E-state index contributed by atoms with van der Waals surface area (Å²) in [6.07, 6.45) is 0.892. The summed E-state index contributed by atoms with van der Waals surface area (Å²) >= 11 is 1.48. The number of carbonyl (C=O) groups is 1. The van der Waals surface area contributed by atoms with Crippen LogP contribution in [0.4, 0.5) is 0 Å². The standard InChI is InChI=1S/C24H29N3O5S2/c1-3-32-17-16-27-21-6-4-5-7-22(21)33-24(27)25-23(28)18-12-14-26(15-13-18)34(29,30)20-10-8-19(31-2)9-11-20/h4-11,18H,3,12-17H2,1-2H3. The van der Waals surface area contributed by atoms with E-state index >= 15 is 0 Å². The third-order valence-corrected chi connectivity index (χ3v) is 8.93. The van der Waals surface area contributed by atoms with E-state index in [2.05, 4.69) is 4.99 Å². The summed E-state index contributed by atoms with van der Waals surface area (Å²) in [7, 11) is -2.07. The SMILES string of the molecule is CCOCCn1c(=NC(=O)C2CCN(S(=O)(=O)c3ccc(OC)cc3)CC2)sc2ccccc21. The third-order valence-electron chi connectivity index (χ3n) is 5.96. The van der Waals surface area contributed by atoms with E-state index in [1.807, 2.05) is 35.8 Å². The zero-order valence-electron chi connectivity index (χ0n) is 19.3. The number of piperidine rings is 1. The highest BCUT2D eigenvalue weighted by Gasteiger charge is 2.32. The molecule has 0 bridgehead atoms. The highest BCUT2D eigenvalue weighted by Crippen LogP contribution is 2.26. The monoisotopic (exact) mass is 503 g/mol. The molecule has 0 aliphatic carbocycles. The molecule has 0 saturated carbocycles. The molecule has 8 nitrogen and oxygen atoms in total. The Kier molecular flexibility index (Phi) is 7.82. The van der Waals surface area contributed by atoms with Crippen LogP contribution in [0.1, 0.15) is 19.8 Å². The van der Waals surface area contributed by atoms with Crippen LogP contribution in [0, 0.1) is 5.92 Å². The van der Waals surface area contributed by atoms with Crippen LogP contribution >= 0.6 is 11.3 Å². The molecule has 0 spiro atoms. The Morgan fingerprint density at radius 3 is 2.50 bits per heavy atom. The molecule has 1 fully saturated rings. The van der Waals surface area contributed by atoms with Crippen molar-refractivity contribution >= 4 is 37.5 Å². The summed E-state index contributed by atoms with van der Waals surface area (Å²) in [5.41, 5.74) is 1.03. The molecule has 1 aromatic heterocycles. The van der Waals surface area contributed by atoms with Crippen LogP contribution in [0.15, 0.2) is 58.4 Å². The molecule has 2 aromatic carbocycles. The van der Waals surface area contributed by atoms with Gasteiger partial charge in [0.2, 0.25) is 10.0 Å². The number of sulfonamides is 1. The first-order valence-corrected chi connectivity index (χ1v) is 13.6. The van der Waals surface area contributed by atoms with Crippen molar-refractivity contribution in [1.82, 2.24) is 8.87 Å². The van der Waals surface area contributed by atoms with Crippen molar-refractivity contribution in [3.05, 3.63) is 53.3 Å². The molecular formula is C24H29N3O5S2. The molecule has 34 heavy (non-hydrogen) atoms. The number of fused-ring (bicyclic) bond motifs is 1. The Morgan fingerprint density at radius 2 is 1.82 bits per heavy atom. The molecule has 182 valence electrons. The van der Waals surface area contributed by atoms with Gasteiger partial charge in [-0.1, -0.05) is 23.5 Å². The Hall–Kier alpha value is -2.53. The topological polar surface area (TPSA) is 90.2 Å². The molecule has 10 heteroatoms. The number of hydrogen-bond donors (Lipinski definition) is 0. The average Bonchev–Trinajstić information content (AvgIpc) is 3.21. The summed E-state index contributed by atoms with van der Waals surface area (Å²) in [4.78, 5) is 18.4. The van der Waals surface area contributed by atoms with Crippen molar-refractivity contribution in [3.63, 3.8) is 0 Å². The van der Waals surface area contributed by atoms with Gasteiger partial charge in [-0.25, -0.2) is 8.42 Å². The van der Waals surface area contributed by atoms with Gasteiger partial charge in [-0.2, -0.15) is 9.30 Å². The van der Waals surface area contributed by atoms with Gasteiger partial charge in [-0.05, 0) is 56.2 Å². The summed E-state index contributed by atoms with van der Waals surface area (Å²) < 4.78 is 41.1. The van der Waals surface area contributed by atoms with Crippen LogP contribution in [0.2, 0.25) is 0 Å². The largest absolute Gasteiger partial charge is 0.497 e. The molecule has 1 aliphatic rings. The molecule has 1 amide bonds. The lowest BCUT2D eigenvalue weighted by Gasteiger charge is -2.29. The van der Waals surface area contributed by atoms with Crippen molar-refractivity contribution in [3.8, 4) is 5.75 Å². The normalized spacial score (nSPS) is 16.2. The van der Waals surface area contributed by atoms with Gasteiger partial charge in [0, 0.05) is 32.2 Å². The predicted octanol–water partition coefficient (Wildman–Crippen LogP) is 3.28. The maximum absolute atomic E-state index is 13.0. The van der Waals surface area contributed by atoms with Crippen molar-refractivity contribution in [2.75, 3.05) is 33.4 Å². The van der Waals surface area contributed by atoms with Crippen LogP contribution in [0.25, 0.3) is 10.2 Å². The minimum Gasteiger partial charge on any atom is -0.497 e. The third kappa shape index (κ3) is 5.25. The second-order valence-electron chi connectivity index (χ2n) is 8.00. The van der Waals surface area contributed by atoms with E-state index in [0.717, 1.165) is 10.2 Å². The number of ether oxygens (including phenoxy) is 2. The number of benzene rings is 2. The van der Waals surface area contributed by atoms with Gasteiger partial charge in [-0.3, -0.25) is 4.79 Å². The summed E-state index contributed by atoms with van der Waals surface area (Å²) in [6.45, 7) is 4.31. The van der Waals surface area contributed by atoms with Crippen LogP contribution in [0.5, 0.6) is 5.75 Å². The molecule has 0 unspecified atom stereocenters. The second kappa shape index (κ2) is 10.8. The number of rotatable bonds is 8. The highest BCUT2D eigenvalue weighted by atomic mass is 32.2. The van der Waals surface area contributed by atoms with E-state index < -0.39 is 10.0 Å². The summed E-state index contributed by atoms with van der Waals surface area (Å²) in [5.74, 6) is 0.107. The number of nitrogens with zero attached hydrogens (tertiary/aromatic N) is 3. The lowest BCUT2D eigenvalue weighted by atomic mass is 9.98. The van der Waals surface area contributed by atoms with Crippen molar-refractivity contribution in [2.24, 2.45) is 10.9 Å². The Balaban J connectivity index is 1.48. The molecule has 2 heterocycles. The first-order valence-electron chi connectivity index (χ1n) is 11.3. The highest BCUT2D eigenvalue weighted by molar-refractivity contribution is 7.89. The first-order chi connectivity index (χ1) is 16.4. The minimum atomic E-state index is -3.61. The maximum Gasteiger partial charge on any atom is 0.251 e. The smallest absolute Gasteiger partial charge is 0.251 e. The van der Waals surface area contributed by atoms with E-state index in [1.54, 1.807) is 24.3 Å². The molecule has 0 atom stereocenters. The summed E-state index contributed by atoms with van der Waals surface area (Å²) in [6, 6.07) is 14.3. The van der Waals surface area contributed by atoms with E-state index in [9.17, 15) is 13.2 Å². The van der Waals surface area contributed by atoms with Gasteiger partial charge in [0.15, 0.2) is 4.80 Å². The van der Waals surface area contributed by atoms with Gasteiger partial charge in [-0.15, -0.1) is 0 Å².